The molecule has 0 radical (unpaired) electrons. The fourth-order valence-corrected chi connectivity index (χ4v) is 5.18. The Kier molecular flexibility index (Phi) is 4.43. The number of hydrogen-bond acceptors (Lipinski definition) is 4. The lowest BCUT2D eigenvalue weighted by molar-refractivity contribution is 0.415. The van der Waals surface area contributed by atoms with Crippen LogP contribution in [0.15, 0.2) is 47.4 Å². The monoisotopic (exact) mass is 386 g/mol. The first-order valence-electron chi connectivity index (χ1n) is 9.38. The van der Waals surface area contributed by atoms with E-state index in [-0.39, 0.29) is 10.3 Å². The van der Waals surface area contributed by atoms with E-state index in [4.69, 9.17) is 4.74 Å². The minimum absolute atomic E-state index is 0.206. The molecular weight excluding hydrogens is 360 g/mol. The summed E-state index contributed by atoms with van der Waals surface area (Å²) < 4.78 is 33.7. The first-order chi connectivity index (χ1) is 12.9. The quantitative estimate of drug-likeness (QED) is 0.798. The molecule has 1 aliphatic heterocycles. The summed E-state index contributed by atoms with van der Waals surface area (Å²) in [5.74, 6) is 1.60. The highest BCUT2D eigenvalue weighted by Gasteiger charge is 2.58. The number of hydrogen-bond donors (Lipinski definition) is 2. The second-order valence-corrected chi connectivity index (χ2v) is 9.61. The number of benzene rings is 2. The van der Waals surface area contributed by atoms with Crippen molar-refractivity contribution in [3.63, 3.8) is 0 Å². The molecule has 0 bridgehead atoms. The van der Waals surface area contributed by atoms with Gasteiger partial charge in [0.05, 0.1) is 17.7 Å². The summed E-state index contributed by atoms with van der Waals surface area (Å²) in [6.07, 6.45) is 1.19. The number of piperidine rings is 1. The Morgan fingerprint density at radius 2 is 1.93 bits per heavy atom. The molecule has 5 nitrogen and oxygen atoms in total. The van der Waals surface area contributed by atoms with Crippen LogP contribution < -0.4 is 14.8 Å². The van der Waals surface area contributed by atoms with Gasteiger partial charge in [0.25, 0.3) is 10.0 Å². The zero-order valence-electron chi connectivity index (χ0n) is 16.0. The molecule has 0 spiro atoms. The topological polar surface area (TPSA) is 67.4 Å². The fraction of sp³-hybridized carbons (Fsp3) is 0.429. The summed E-state index contributed by atoms with van der Waals surface area (Å²) in [5, 5.41) is 3.43. The van der Waals surface area contributed by atoms with Crippen LogP contribution >= 0.6 is 0 Å². The summed E-state index contributed by atoms with van der Waals surface area (Å²) in [6, 6.07) is 12.8. The van der Waals surface area contributed by atoms with E-state index in [1.54, 1.807) is 19.2 Å². The standard InChI is InChI=1S/C21H26N2O3S/c1-14(2)15-4-7-18(8-5-15)27(24,25)23-19-9-6-16(10-20(19)26-3)21-11-17(21)12-22-13-21/h4-10,14,17,22-23H,11-13H2,1-3H3/t17-,21?/m1/s1. The van der Waals surface area contributed by atoms with E-state index in [9.17, 15) is 8.42 Å². The zero-order chi connectivity index (χ0) is 19.2. The van der Waals surface area contributed by atoms with Gasteiger partial charge in [-0.25, -0.2) is 8.42 Å². The maximum atomic E-state index is 12.8. The summed E-state index contributed by atoms with van der Waals surface area (Å²) in [4.78, 5) is 0.249. The van der Waals surface area contributed by atoms with E-state index in [0.29, 0.717) is 23.3 Å². The highest BCUT2D eigenvalue weighted by molar-refractivity contribution is 7.92. The SMILES string of the molecule is COc1cc(C23CNC[C@H]2C3)ccc1NS(=O)(=O)c1ccc(C(C)C)cc1. The van der Waals surface area contributed by atoms with Gasteiger partial charge in [-0.15, -0.1) is 0 Å². The summed E-state index contributed by atoms with van der Waals surface area (Å²) in [7, 11) is -2.09. The first kappa shape index (κ1) is 18.3. The Morgan fingerprint density at radius 1 is 1.19 bits per heavy atom. The molecule has 2 aliphatic rings. The molecule has 144 valence electrons. The molecule has 2 aromatic carbocycles. The number of methoxy groups -OCH3 is 1. The molecule has 1 saturated heterocycles. The van der Waals surface area contributed by atoms with Crippen LogP contribution in [0.3, 0.4) is 0 Å². The molecule has 2 aromatic rings. The van der Waals surface area contributed by atoms with Gasteiger partial charge in [-0.1, -0.05) is 32.0 Å². The van der Waals surface area contributed by atoms with Gasteiger partial charge in [-0.05, 0) is 60.2 Å². The van der Waals surface area contributed by atoms with E-state index in [2.05, 4.69) is 23.9 Å². The third-order valence-corrected chi connectivity index (χ3v) is 7.32. The Labute approximate surface area is 161 Å². The molecule has 4 rings (SSSR count). The molecule has 6 heteroatoms. The van der Waals surface area contributed by atoms with Crippen molar-refractivity contribution in [3.8, 4) is 5.75 Å². The second kappa shape index (κ2) is 6.53. The highest BCUT2D eigenvalue weighted by Crippen LogP contribution is 2.57. The van der Waals surface area contributed by atoms with Gasteiger partial charge in [0.15, 0.2) is 0 Å². The number of sulfonamides is 1. The average Bonchev–Trinajstić information content (AvgIpc) is 3.22. The predicted molar refractivity (Wildman–Crippen MR) is 107 cm³/mol. The Balaban J connectivity index is 1.59. The average molecular weight is 387 g/mol. The molecule has 1 saturated carbocycles. The van der Waals surface area contributed by atoms with Crippen LogP contribution in [0, 0.1) is 5.92 Å². The highest BCUT2D eigenvalue weighted by atomic mass is 32.2. The van der Waals surface area contributed by atoms with Crippen molar-refractivity contribution in [2.75, 3.05) is 24.9 Å². The minimum Gasteiger partial charge on any atom is -0.495 e. The Bertz CT molecular complexity index is 954. The van der Waals surface area contributed by atoms with Crippen molar-refractivity contribution < 1.29 is 13.2 Å². The van der Waals surface area contributed by atoms with E-state index < -0.39 is 10.0 Å². The van der Waals surface area contributed by atoms with Gasteiger partial charge in [0, 0.05) is 12.0 Å². The van der Waals surface area contributed by atoms with Gasteiger partial charge in [-0.3, -0.25) is 4.72 Å². The lowest BCUT2D eigenvalue weighted by Gasteiger charge is -2.17. The molecule has 1 heterocycles. The van der Waals surface area contributed by atoms with Crippen molar-refractivity contribution in [3.05, 3.63) is 53.6 Å². The van der Waals surface area contributed by atoms with Gasteiger partial charge >= 0.3 is 0 Å². The van der Waals surface area contributed by atoms with Gasteiger partial charge < -0.3 is 10.1 Å². The molecule has 1 unspecified atom stereocenters. The number of anilines is 1. The maximum Gasteiger partial charge on any atom is 0.262 e. The lowest BCUT2D eigenvalue weighted by Crippen LogP contribution is -2.19. The summed E-state index contributed by atoms with van der Waals surface area (Å²) in [6.45, 7) is 6.20. The number of fused-ring (bicyclic) bond motifs is 1. The molecule has 1 aliphatic carbocycles. The van der Waals surface area contributed by atoms with Crippen molar-refractivity contribution in [1.29, 1.82) is 0 Å². The number of rotatable bonds is 6. The smallest absolute Gasteiger partial charge is 0.262 e. The largest absolute Gasteiger partial charge is 0.495 e. The van der Waals surface area contributed by atoms with E-state index in [1.165, 1.54) is 12.0 Å². The van der Waals surface area contributed by atoms with Crippen LogP contribution in [-0.4, -0.2) is 28.6 Å². The van der Waals surface area contributed by atoms with Crippen LogP contribution in [-0.2, 0) is 15.4 Å². The third-order valence-electron chi connectivity index (χ3n) is 5.94. The molecule has 0 amide bonds. The van der Waals surface area contributed by atoms with E-state index in [0.717, 1.165) is 18.7 Å². The first-order valence-corrected chi connectivity index (χ1v) is 10.9. The molecule has 2 N–H and O–H groups in total. The molecule has 0 aromatic heterocycles. The molecule has 2 fully saturated rings. The Hall–Kier alpha value is -2.05. The van der Waals surface area contributed by atoms with Gasteiger partial charge in [0.1, 0.15) is 5.75 Å². The van der Waals surface area contributed by atoms with E-state index in [1.807, 2.05) is 30.3 Å². The summed E-state index contributed by atoms with van der Waals surface area (Å²) >= 11 is 0. The maximum absolute atomic E-state index is 12.8. The van der Waals surface area contributed by atoms with Crippen molar-refractivity contribution in [2.24, 2.45) is 5.92 Å². The summed E-state index contributed by atoms with van der Waals surface area (Å²) in [5.41, 5.74) is 3.00. The minimum atomic E-state index is -3.67. The predicted octanol–water partition coefficient (Wildman–Crippen LogP) is 3.48. The van der Waals surface area contributed by atoms with Crippen LogP contribution in [0.1, 0.15) is 37.3 Å². The van der Waals surface area contributed by atoms with Crippen LogP contribution in [0.4, 0.5) is 5.69 Å². The second-order valence-electron chi connectivity index (χ2n) is 7.93. The fourth-order valence-electron chi connectivity index (χ4n) is 4.11. The van der Waals surface area contributed by atoms with E-state index >= 15 is 0 Å². The van der Waals surface area contributed by atoms with Crippen molar-refractivity contribution in [1.82, 2.24) is 5.32 Å². The molecular formula is C21H26N2O3S. The van der Waals surface area contributed by atoms with Crippen molar-refractivity contribution in [2.45, 2.75) is 36.5 Å². The molecule has 27 heavy (non-hydrogen) atoms. The van der Waals surface area contributed by atoms with Crippen LogP contribution in [0.2, 0.25) is 0 Å². The molecule has 2 atom stereocenters. The number of nitrogens with one attached hydrogen (secondary N) is 2. The van der Waals surface area contributed by atoms with Gasteiger partial charge in [0.2, 0.25) is 0 Å². The third kappa shape index (κ3) is 3.21. The van der Waals surface area contributed by atoms with Gasteiger partial charge in [-0.2, -0.15) is 0 Å². The normalized spacial score (nSPS) is 23.9. The Morgan fingerprint density at radius 3 is 2.48 bits per heavy atom. The van der Waals surface area contributed by atoms with Crippen LogP contribution in [0.25, 0.3) is 0 Å². The lowest BCUT2D eigenvalue weighted by atomic mass is 9.94. The number of ether oxygens (including phenoxy) is 1. The van der Waals surface area contributed by atoms with Crippen LogP contribution in [0.5, 0.6) is 5.75 Å². The zero-order valence-corrected chi connectivity index (χ0v) is 16.8. The van der Waals surface area contributed by atoms with Crippen molar-refractivity contribution >= 4 is 15.7 Å².